The van der Waals surface area contributed by atoms with E-state index in [4.69, 9.17) is 4.74 Å². The third kappa shape index (κ3) is 4.74. The molecular weight excluding hydrogens is 377 g/mol. The number of anilines is 1. The average Bonchev–Trinajstić information content (AvgIpc) is 2.45. The highest BCUT2D eigenvalue weighted by atomic mass is 127. The van der Waals surface area contributed by atoms with Crippen LogP contribution in [0.2, 0.25) is 0 Å². The van der Waals surface area contributed by atoms with Gasteiger partial charge in [0.2, 0.25) is 5.91 Å². The molecule has 1 N–H and O–H groups in total. The van der Waals surface area contributed by atoms with Crippen molar-refractivity contribution in [3.8, 4) is 5.75 Å². The second-order valence-electron chi connectivity index (χ2n) is 4.77. The number of hydrogen-bond acceptors (Lipinski definition) is 2. The molecule has 21 heavy (non-hydrogen) atoms. The van der Waals surface area contributed by atoms with Crippen molar-refractivity contribution in [1.82, 2.24) is 0 Å². The van der Waals surface area contributed by atoms with Crippen LogP contribution in [0.25, 0.3) is 0 Å². The van der Waals surface area contributed by atoms with E-state index < -0.39 is 0 Å². The Morgan fingerprint density at radius 1 is 1.19 bits per heavy atom. The van der Waals surface area contributed by atoms with E-state index >= 15 is 0 Å². The van der Waals surface area contributed by atoms with E-state index in [2.05, 4.69) is 27.9 Å². The second kappa shape index (κ2) is 7.45. The van der Waals surface area contributed by atoms with E-state index in [0.29, 0.717) is 13.0 Å². The predicted molar refractivity (Wildman–Crippen MR) is 93.8 cm³/mol. The summed E-state index contributed by atoms with van der Waals surface area (Å²) in [6.07, 6.45) is 0.358. The van der Waals surface area contributed by atoms with Crippen LogP contribution in [0.4, 0.5) is 5.69 Å². The smallest absolute Gasteiger partial charge is 0.228 e. The fourth-order valence-electron chi connectivity index (χ4n) is 1.93. The Morgan fingerprint density at radius 2 is 1.90 bits per heavy atom. The maximum atomic E-state index is 12.0. The van der Waals surface area contributed by atoms with Crippen molar-refractivity contribution >= 4 is 34.2 Å². The minimum absolute atomic E-state index is 0.0150. The Labute approximate surface area is 138 Å². The summed E-state index contributed by atoms with van der Waals surface area (Å²) in [7, 11) is 0. The summed E-state index contributed by atoms with van der Waals surface area (Å²) in [6, 6.07) is 13.5. The summed E-state index contributed by atoms with van der Waals surface area (Å²) in [5.74, 6) is 0.813. The predicted octanol–water partition coefficient (Wildman–Crippen LogP) is 4.18. The van der Waals surface area contributed by atoms with Crippen LogP contribution in [0.3, 0.4) is 0 Å². The molecule has 0 aliphatic heterocycles. The molecule has 2 aromatic carbocycles. The number of rotatable bonds is 5. The molecule has 0 heterocycles. The first-order valence-electron chi connectivity index (χ1n) is 6.86. The van der Waals surface area contributed by atoms with E-state index in [1.807, 2.05) is 56.3 Å². The van der Waals surface area contributed by atoms with Gasteiger partial charge in [-0.2, -0.15) is 0 Å². The monoisotopic (exact) mass is 395 g/mol. The van der Waals surface area contributed by atoms with Crippen molar-refractivity contribution in [3.05, 3.63) is 57.2 Å². The van der Waals surface area contributed by atoms with Crippen LogP contribution in [0.15, 0.2) is 42.5 Å². The number of aryl methyl sites for hydroxylation is 1. The first kappa shape index (κ1) is 15.8. The maximum Gasteiger partial charge on any atom is 0.228 e. The molecule has 0 unspecified atom stereocenters. The van der Waals surface area contributed by atoms with Gasteiger partial charge in [-0.05, 0) is 71.8 Å². The first-order valence-corrected chi connectivity index (χ1v) is 7.94. The largest absolute Gasteiger partial charge is 0.494 e. The molecule has 0 fully saturated rings. The van der Waals surface area contributed by atoms with Crippen LogP contribution in [0, 0.1) is 10.5 Å². The van der Waals surface area contributed by atoms with Crippen molar-refractivity contribution in [3.63, 3.8) is 0 Å². The summed E-state index contributed by atoms with van der Waals surface area (Å²) < 4.78 is 6.53. The van der Waals surface area contributed by atoms with E-state index in [-0.39, 0.29) is 5.91 Å². The van der Waals surface area contributed by atoms with Crippen LogP contribution in [0.5, 0.6) is 5.75 Å². The molecule has 1 amide bonds. The Hall–Kier alpha value is -1.56. The van der Waals surface area contributed by atoms with Crippen molar-refractivity contribution in [2.75, 3.05) is 11.9 Å². The lowest BCUT2D eigenvalue weighted by Crippen LogP contribution is -2.14. The highest BCUT2D eigenvalue weighted by molar-refractivity contribution is 14.1. The maximum absolute atomic E-state index is 12.0. The second-order valence-corrected chi connectivity index (χ2v) is 5.93. The molecule has 4 heteroatoms. The van der Waals surface area contributed by atoms with E-state index in [1.165, 1.54) is 5.56 Å². The average molecular weight is 395 g/mol. The summed E-state index contributed by atoms with van der Waals surface area (Å²) in [6.45, 7) is 4.64. The first-order chi connectivity index (χ1) is 10.1. The summed E-state index contributed by atoms with van der Waals surface area (Å²) in [4.78, 5) is 12.0. The molecule has 0 radical (unpaired) electrons. The lowest BCUT2D eigenvalue weighted by molar-refractivity contribution is -0.115. The molecular formula is C17H18INO2. The molecule has 3 nitrogen and oxygen atoms in total. The zero-order valence-corrected chi connectivity index (χ0v) is 14.3. The molecule has 2 aromatic rings. The third-order valence-electron chi connectivity index (χ3n) is 3.05. The Balaban J connectivity index is 1.96. The van der Waals surface area contributed by atoms with E-state index in [1.54, 1.807) is 0 Å². The van der Waals surface area contributed by atoms with E-state index in [0.717, 1.165) is 20.6 Å². The molecule has 0 atom stereocenters. The highest BCUT2D eigenvalue weighted by Crippen LogP contribution is 2.18. The highest BCUT2D eigenvalue weighted by Gasteiger charge is 2.05. The minimum atomic E-state index is -0.0150. The van der Waals surface area contributed by atoms with Gasteiger partial charge >= 0.3 is 0 Å². The van der Waals surface area contributed by atoms with Gasteiger partial charge in [0.05, 0.1) is 13.0 Å². The summed E-state index contributed by atoms with van der Waals surface area (Å²) in [5, 5.41) is 2.92. The van der Waals surface area contributed by atoms with Gasteiger partial charge in [0, 0.05) is 9.26 Å². The standard InChI is InChI=1S/C17H18INO2/c1-3-21-15-8-5-13(6-9-15)10-17(20)19-14-7-4-12(2)16(18)11-14/h4-9,11H,3,10H2,1-2H3,(H,19,20). The molecule has 0 aliphatic rings. The van der Waals surface area contributed by atoms with Crippen LogP contribution < -0.4 is 10.1 Å². The molecule has 110 valence electrons. The zero-order chi connectivity index (χ0) is 15.2. The van der Waals surface area contributed by atoms with Crippen molar-refractivity contribution in [2.45, 2.75) is 20.3 Å². The molecule has 0 saturated carbocycles. The van der Waals surface area contributed by atoms with Gasteiger partial charge in [-0.1, -0.05) is 18.2 Å². The molecule has 0 aliphatic carbocycles. The van der Waals surface area contributed by atoms with Gasteiger partial charge in [0.15, 0.2) is 0 Å². The molecule has 2 rings (SSSR count). The van der Waals surface area contributed by atoms with Gasteiger partial charge < -0.3 is 10.1 Å². The van der Waals surface area contributed by atoms with Crippen molar-refractivity contribution < 1.29 is 9.53 Å². The lowest BCUT2D eigenvalue weighted by Gasteiger charge is -2.08. The van der Waals surface area contributed by atoms with Gasteiger partial charge in [-0.25, -0.2) is 0 Å². The van der Waals surface area contributed by atoms with Gasteiger partial charge in [0.25, 0.3) is 0 Å². The van der Waals surface area contributed by atoms with Gasteiger partial charge in [-0.15, -0.1) is 0 Å². The third-order valence-corrected chi connectivity index (χ3v) is 4.22. The minimum Gasteiger partial charge on any atom is -0.494 e. The van der Waals surface area contributed by atoms with Crippen LogP contribution in [-0.2, 0) is 11.2 Å². The van der Waals surface area contributed by atoms with Gasteiger partial charge in [0.1, 0.15) is 5.75 Å². The number of carbonyl (C=O) groups excluding carboxylic acids is 1. The number of carbonyl (C=O) groups is 1. The molecule has 0 spiro atoms. The Bertz CT molecular complexity index is 623. The fourth-order valence-corrected chi connectivity index (χ4v) is 2.45. The summed E-state index contributed by atoms with van der Waals surface area (Å²) in [5.41, 5.74) is 3.01. The quantitative estimate of drug-likeness (QED) is 0.772. The van der Waals surface area contributed by atoms with Gasteiger partial charge in [-0.3, -0.25) is 4.79 Å². The van der Waals surface area contributed by atoms with Crippen molar-refractivity contribution in [1.29, 1.82) is 0 Å². The number of ether oxygens (including phenoxy) is 1. The number of hydrogen-bond donors (Lipinski definition) is 1. The zero-order valence-electron chi connectivity index (χ0n) is 12.2. The SMILES string of the molecule is CCOc1ccc(CC(=O)Nc2ccc(C)c(I)c2)cc1. The normalized spacial score (nSPS) is 10.2. The fraction of sp³-hybridized carbons (Fsp3) is 0.235. The van der Waals surface area contributed by atoms with Crippen LogP contribution in [-0.4, -0.2) is 12.5 Å². The molecule has 0 saturated heterocycles. The van der Waals surface area contributed by atoms with Crippen molar-refractivity contribution in [2.24, 2.45) is 0 Å². The number of nitrogens with one attached hydrogen (secondary N) is 1. The lowest BCUT2D eigenvalue weighted by atomic mass is 10.1. The Kier molecular flexibility index (Phi) is 5.61. The molecule has 0 aromatic heterocycles. The number of halogens is 1. The Morgan fingerprint density at radius 3 is 2.52 bits per heavy atom. The number of benzene rings is 2. The topological polar surface area (TPSA) is 38.3 Å². The van der Waals surface area contributed by atoms with Crippen LogP contribution in [0.1, 0.15) is 18.1 Å². The molecule has 0 bridgehead atoms. The van der Waals surface area contributed by atoms with E-state index in [9.17, 15) is 4.79 Å². The summed E-state index contributed by atoms with van der Waals surface area (Å²) >= 11 is 2.27. The van der Waals surface area contributed by atoms with Crippen LogP contribution >= 0.6 is 22.6 Å². The number of amides is 1.